The monoisotopic (exact) mass is 334 g/mol. The Balaban J connectivity index is 1.72. The molecule has 1 aliphatic rings. The Hall–Kier alpha value is -1.36. The fraction of sp³-hybridized carbons (Fsp3) is 0.250. The molecule has 0 unspecified atom stereocenters. The van der Waals surface area contributed by atoms with Gasteiger partial charge < -0.3 is 14.2 Å². The smallest absolute Gasteiger partial charge is 0.187 e. The molecule has 3 rings (SSSR count). The molecule has 20 heavy (non-hydrogen) atoms. The predicted molar refractivity (Wildman–Crippen MR) is 79.6 cm³/mol. The van der Waals surface area contributed by atoms with Crippen LogP contribution in [0.4, 0.5) is 0 Å². The Kier molecular flexibility index (Phi) is 4.35. The number of hydrogen-bond acceptors (Lipinski definition) is 3. The van der Waals surface area contributed by atoms with Gasteiger partial charge in [0.25, 0.3) is 0 Å². The second kappa shape index (κ2) is 6.39. The maximum atomic E-state index is 5.90. The van der Waals surface area contributed by atoms with E-state index in [2.05, 4.69) is 15.9 Å². The molecule has 0 radical (unpaired) electrons. The molecule has 2 aromatic rings. The number of hydrogen-bond donors (Lipinski definition) is 0. The molecular weight excluding hydrogens is 320 g/mol. The van der Waals surface area contributed by atoms with E-state index in [1.807, 2.05) is 48.5 Å². The number of rotatable bonds is 4. The maximum Gasteiger partial charge on any atom is 0.187 e. The van der Waals surface area contributed by atoms with Gasteiger partial charge >= 0.3 is 0 Å². The van der Waals surface area contributed by atoms with Gasteiger partial charge in [-0.1, -0.05) is 46.3 Å². The van der Waals surface area contributed by atoms with Crippen molar-refractivity contribution < 1.29 is 14.2 Å². The first-order valence-corrected chi connectivity index (χ1v) is 7.31. The van der Waals surface area contributed by atoms with E-state index in [0.717, 1.165) is 21.3 Å². The highest BCUT2D eigenvalue weighted by molar-refractivity contribution is 9.10. The topological polar surface area (TPSA) is 27.7 Å². The van der Waals surface area contributed by atoms with Gasteiger partial charge in [0, 0.05) is 10.0 Å². The van der Waals surface area contributed by atoms with Gasteiger partial charge in [-0.25, -0.2) is 0 Å². The van der Waals surface area contributed by atoms with Crippen molar-refractivity contribution in [3.63, 3.8) is 0 Å². The lowest BCUT2D eigenvalue weighted by Crippen LogP contribution is -2.03. The average molecular weight is 335 g/mol. The van der Waals surface area contributed by atoms with Gasteiger partial charge in [-0.3, -0.25) is 0 Å². The van der Waals surface area contributed by atoms with Crippen LogP contribution in [0.1, 0.15) is 17.4 Å². The lowest BCUT2D eigenvalue weighted by Gasteiger charge is -2.15. The standard InChI is InChI=1S/C16H15BrO3/c17-13-7-5-12(6-8-13)11-20-15-4-2-1-3-14(15)16-18-9-10-19-16/h1-8,16H,9-11H2. The summed E-state index contributed by atoms with van der Waals surface area (Å²) in [6.45, 7) is 1.79. The average Bonchev–Trinajstić information content (AvgIpc) is 3.01. The molecule has 1 fully saturated rings. The van der Waals surface area contributed by atoms with Gasteiger partial charge in [-0.15, -0.1) is 0 Å². The Labute approximate surface area is 126 Å². The van der Waals surface area contributed by atoms with E-state index in [0.29, 0.717) is 19.8 Å². The molecule has 0 amide bonds. The van der Waals surface area contributed by atoms with Crippen molar-refractivity contribution >= 4 is 15.9 Å². The van der Waals surface area contributed by atoms with Crippen LogP contribution in [0.25, 0.3) is 0 Å². The van der Waals surface area contributed by atoms with Crippen LogP contribution < -0.4 is 4.74 Å². The number of halogens is 1. The van der Waals surface area contributed by atoms with Crippen molar-refractivity contribution in [3.05, 3.63) is 64.1 Å². The van der Waals surface area contributed by atoms with Crippen LogP contribution in [-0.4, -0.2) is 13.2 Å². The van der Waals surface area contributed by atoms with Crippen LogP contribution in [0.5, 0.6) is 5.75 Å². The highest BCUT2D eigenvalue weighted by Gasteiger charge is 2.21. The van der Waals surface area contributed by atoms with Crippen molar-refractivity contribution in [2.75, 3.05) is 13.2 Å². The third-order valence-electron chi connectivity index (χ3n) is 3.10. The van der Waals surface area contributed by atoms with E-state index >= 15 is 0 Å². The summed E-state index contributed by atoms with van der Waals surface area (Å²) >= 11 is 3.42. The van der Waals surface area contributed by atoms with Crippen LogP contribution in [0, 0.1) is 0 Å². The second-order valence-electron chi connectivity index (χ2n) is 4.53. The molecule has 0 bridgehead atoms. The number of ether oxygens (including phenoxy) is 3. The second-order valence-corrected chi connectivity index (χ2v) is 5.44. The van der Waals surface area contributed by atoms with E-state index in [4.69, 9.17) is 14.2 Å². The molecule has 1 heterocycles. The SMILES string of the molecule is Brc1ccc(COc2ccccc2C2OCCO2)cc1. The first-order chi connectivity index (χ1) is 9.83. The third kappa shape index (κ3) is 3.20. The lowest BCUT2D eigenvalue weighted by atomic mass is 10.2. The predicted octanol–water partition coefficient (Wildman–Crippen LogP) is 4.07. The minimum absolute atomic E-state index is 0.309. The summed E-state index contributed by atoms with van der Waals surface area (Å²) in [6.07, 6.45) is -0.309. The largest absolute Gasteiger partial charge is 0.488 e. The van der Waals surface area contributed by atoms with Gasteiger partial charge in [-0.05, 0) is 23.8 Å². The molecule has 1 aliphatic heterocycles. The molecule has 0 spiro atoms. The summed E-state index contributed by atoms with van der Waals surface area (Å²) in [7, 11) is 0. The summed E-state index contributed by atoms with van der Waals surface area (Å²) in [4.78, 5) is 0. The zero-order valence-electron chi connectivity index (χ0n) is 10.9. The van der Waals surface area contributed by atoms with Crippen LogP contribution in [-0.2, 0) is 16.1 Å². The van der Waals surface area contributed by atoms with Gasteiger partial charge in [0.05, 0.1) is 13.2 Å². The lowest BCUT2D eigenvalue weighted by molar-refractivity contribution is -0.0458. The first kappa shape index (κ1) is 13.6. The van der Waals surface area contributed by atoms with Crippen LogP contribution in [0.2, 0.25) is 0 Å². The molecule has 0 N–H and O–H groups in total. The van der Waals surface area contributed by atoms with E-state index in [-0.39, 0.29) is 6.29 Å². The van der Waals surface area contributed by atoms with E-state index in [9.17, 15) is 0 Å². The van der Waals surface area contributed by atoms with E-state index in [1.165, 1.54) is 0 Å². The molecular formula is C16H15BrO3. The zero-order chi connectivity index (χ0) is 13.8. The Morgan fingerprint density at radius 2 is 1.70 bits per heavy atom. The van der Waals surface area contributed by atoms with Gasteiger partial charge in [0.2, 0.25) is 0 Å². The maximum absolute atomic E-state index is 5.90. The summed E-state index contributed by atoms with van der Waals surface area (Å²) in [5.74, 6) is 0.808. The molecule has 3 nitrogen and oxygen atoms in total. The first-order valence-electron chi connectivity index (χ1n) is 6.52. The fourth-order valence-corrected chi connectivity index (χ4v) is 2.35. The van der Waals surface area contributed by atoms with E-state index in [1.54, 1.807) is 0 Å². The molecule has 0 saturated carbocycles. The summed E-state index contributed by atoms with van der Waals surface area (Å²) in [5, 5.41) is 0. The summed E-state index contributed by atoms with van der Waals surface area (Å²) < 4.78 is 18.0. The molecule has 4 heteroatoms. The van der Waals surface area contributed by atoms with Gasteiger partial charge in [0.1, 0.15) is 12.4 Å². The zero-order valence-corrected chi connectivity index (χ0v) is 12.5. The molecule has 0 aliphatic carbocycles. The summed E-state index contributed by atoms with van der Waals surface area (Å²) in [5.41, 5.74) is 2.07. The van der Waals surface area contributed by atoms with Crippen LogP contribution >= 0.6 is 15.9 Å². The number of para-hydroxylation sites is 1. The van der Waals surface area contributed by atoms with Crippen LogP contribution in [0.15, 0.2) is 53.0 Å². The van der Waals surface area contributed by atoms with E-state index < -0.39 is 0 Å². The number of benzene rings is 2. The quantitative estimate of drug-likeness (QED) is 0.843. The highest BCUT2D eigenvalue weighted by atomic mass is 79.9. The minimum Gasteiger partial charge on any atom is -0.488 e. The Morgan fingerprint density at radius 3 is 2.45 bits per heavy atom. The molecule has 1 saturated heterocycles. The Bertz CT molecular complexity index is 562. The molecule has 104 valence electrons. The van der Waals surface area contributed by atoms with Crippen molar-refractivity contribution in [1.29, 1.82) is 0 Å². The van der Waals surface area contributed by atoms with Crippen molar-refractivity contribution in [1.82, 2.24) is 0 Å². The van der Waals surface area contributed by atoms with Gasteiger partial charge in [0.15, 0.2) is 6.29 Å². The Morgan fingerprint density at radius 1 is 1.00 bits per heavy atom. The molecule has 2 aromatic carbocycles. The van der Waals surface area contributed by atoms with Crippen molar-refractivity contribution in [3.8, 4) is 5.75 Å². The highest BCUT2D eigenvalue weighted by Crippen LogP contribution is 2.31. The minimum atomic E-state index is -0.309. The molecule has 0 atom stereocenters. The van der Waals surface area contributed by atoms with Crippen molar-refractivity contribution in [2.45, 2.75) is 12.9 Å². The fourth-order valence-electron chi connectivity index (χ4n) is 2.09. The van der Waals surface area contributed by atoms with Crippen LogP contribution in [0.3, 0.4) is 0 Å². The third-order valence-corrected chi connectivity index (χ3v) is 3.63. The molecule has 0 aromatic heterocycles. The summed E-state index contributed by atoms with van der Waals surface area (Å²) in [6, 6.07) is 15.9. The van der Waals surface area contributed by atoms with Crippen molar-refractivity contribution in [2.24, 2.45) is 0 Å². The van der Waals surface area contributed by atoms with Gasteiger partial charge in [-0.2, -0.15) is 0 Å². The normalized spacial score (nSPS) is 15.4.